The molecule has 1 aromatic carbocycles. The van der Waals surface area contributed by atoms with Gasteiger partial charge in [0.15, 0.2) is 5.82 Å². The minimum absolute atomic E-state index is 0.790. The van der Waals surface area contributed by atoms with Crippen LogP contribution in [0, 0.1) is 0 Å². The first-order valence-electron chi connectivity index (χ1n) is 6.15. The average molecular weight is 322 g/mol. The van der Waals surface area contributed by atoms with E-state index in [1.54, 1.807) is 19.5 Å². The quantitative estimate of drug-likeness (QED) is 0.911. The van der Waals surface area contributed by atoms with Gasteiger partial charge in [0.2, 0.25) is 0 Å². The van der Waals surface area contributed by atoms with Crippen LogP contribution in [-0.2, 0) is 0 Å². The van der Waals surface area contributed by atoms with Crippen molar-refractivity contribution in [3.05, 3.63) is 35.1 Å². The number of aromatic nitrogens is 2. The van der Waals surface area contributed by atoms with Crippen molar-refractivity contribution >= 4 is 21.7 Å². The van der Waals surface area contributed by atoms with Crippen LogP contribution in [0.2, 0.25) is 0 Å². The van der Waals surface area contributed by atoms with Crippen molar-refractivity contribution in [3.8, 4) is 17.0 Å². The van der Waals surface area contributed by atoms with Crippen molar-refractivity contribution in [1.29, 1.82) is 0 Å². The van der Waals surface area contributed by atoms with Crippen molar-refractivity contribution in [2.75, 3.05) is 19.0 Å². The summed E-state index contributed by atoms with van der Waals surface area (Å²) in [4.78, 5) is 8.78. The molecule has 19 heavy (non-hydrogen) atoms. The highest BCUT2D eigenvalue weighted by Gasteiger charge is 2.11. The Kier molecular flexibility index (Phi) is 4.74. The van der Waals surface area contributed by atoms with Crippen LogP contribution >= 0.6 is 15.9 Å². The molecule has 0 atom stereocenters. The largest absolute Gasteiger partial charge is 0.497 e. The van der Waals surface area contributed by atoms with E-state index < -0.39 is 0 Å². The topological polar surface area (TPSA) is 47.0 Å². The molecule has 0 aliphatic heterocycles. The van der Waals surface area contributed by atoms with E-state index in [0.29, 0.717) is 0 Å². The lowest BCUT2D eigenvalue weighted by molar-refractivity contribution is 0.415. The molecule has 0 unspecified atom stereocenters. The maximum Gasteiger partial charge on any atom is 0.152 e. The molecule has 0 amide bonds. The molecule has 5 heteroatoms. The summed E-state index contributed by atoms with van der Waals surface area (Å²) in [6.07, 6.45) is 4.42. The Morgan fingerprint density at radius 3 is 2.79 bits per heavy atom. The normalized spacial score (nSPS) is 10.3. The van der Waals surface area contributed by atoms with Gasteiger partial charge in [0.25, 0.3) is 0 Å². The molecule has 1 heterocycles. The number of nitrogens with zero attached hydrogens (tertiary/aromatic N) is 2. The third-order valence-electron chi connectivity index (χ3n) is 2.67. The third-order valence-corrected chi connectivity index (χ3v) is 3.36. The van der Waals surface area contributed by atoms with Crippen molar-refractivity contribution in [1.82, 2.24) is 9.97 Å². The van der Waals surface area contributed by atoms with Gasteiger partial charge in [-0.05, 0) is 24.6 Å². The van der Waals surface area contributed by atoms with Crippen LogP contribution in [0.15, 0.2) is 35.1 Å². The summed E-state index contributed by atoms with van der Waals surface area (Å²) < 4.78 is 6.23. The molecule has 0 aliphatic rings. The van der Waals surface area contributed by atoms with E-state index in [4.69, 9.17) is 4.74 Å². The summed E-state index contributed by atoms with van der Waals surface area (Å²) >= 11 is 3.55. The molecule has 0 radical (unpaired) electrons. The van der Waals surface area contributed by atoms with E-state index in [-0.39, 0.29) is 0 Å². The van der Waals surface area contributed by atoms with Gasteiger partial charge < -0.3 is 10.1 Å². The Bertz CT molecular complexity index is 560. The van der Waals surface area contributed by atoms with Gasteiger partial charge in [0.05, 0.1) is 7.11 Å². The second kappa shape index (κ2) is 6.52. The highest BCUT2D eigenvalue weighted by molar-refractivity contribution is 9.10. The number of hydrogen-bond donors (Lipinski definition) is 1. The van der Waals surface area contributed by atoms with Crippen molar-refractivity contribution in [2.24, 2.45) is 0 Å². The molecule has 1 N–H and O–H groups in total. The van der Waals surface area contributed by atoms with Crippen LogP contribution in [0.25, 0.3) is 11.3 Å². The lowest BCUT2D eigenvalue weighted by atomic mass is 10.1. The first-order chi connectivity index (χ1) is 9.26. The highest BCUT2D eigenvalue weighted by atomic mass is 79.9. The molecular weight excluding hydrogens is 306 g/mol. The number of ether oxygens (including phenoxy) is 1. The summed E-state index contributed by atoms with van der Waals surface area (Å²) in [6.45, 7) is 2.98. The van der Waals surface area contributed by atoms with Crippen molar-refractivity contribution < 1.29 is 4.74 Å². The van der Waals surface area contributed by atoms with Gasteiger partial charge in [0.1, 0.15) is 11.4 Å². The molecule has 1 aromatic heterocycles. The van der Waals surface area contributed by atoms with Crippen molar-refractivity contribution in [3.63, 3.8) is 0 Å². The molecule has 100 valence electrons. The van der Waals surface area contributed by atoms with E-state index in [2.05, 4.69) is 38.1 Å². The number of anilines is 1. The summed E-state index contributed by atoms with van der Waals surface area (Å²) in [6, 6.07) is 5.81. The molecule has 2 aromatic rings. The lowest BCUT2D eigenvalue weighted by Gasteiger charge is -2.11. The van der Waals surface area contributed by atoms with Crippen LogP contribution in [-0.4, -0.2) is 23.6 Å². The molecule has 0 saturated heterocycles. The maximum atomic E-state index is 5.26. The van der Waals surface area contributed by atoms with Crippen molar-refractivity contribution in [2.45, 2.75) is 13.3 Å². The highest BCUT2D eigenvalue weighted by Crippen LogP contribution is 2.33. The number of halogens is 1. The summed E-state index contributed by atoms with van der Waals surface area (Å²) in [5.41, 5.74) is 1.78. The fourth-order valence-corrected chi connectivity index (χ4v) is 2.16. The van der Waals surface area contributed by atoms with Crippen LogP contribution < -0.4 is 10.1 Å². The van der Waals surface area contributed by atoms with Gasteiger partial charge >= 0.3 is 0 Å². The molecule has 0 bridgehead atoms. The Morgan fingerprint density at radius 1 is 1.26 bits per heavy atom. The Labute approximate surface area is 121 Å². The summed E-state index contributed by atoms with van der Waals surface area (Å²) in [7, 11) is 1.65. The van der Waals surface area contributed by atoms with Gasteiger partial charge in [-0.25, -0.2) is 4.98 Å². The predicted octanol–water partition coefficient (Wildman–Crippen LogP) is 3.74. The number of benzene rings is 1. The summed E-state index contributed by atoms with van der Waals surface area (Å²) in [5.74, 6) is 1.59. The molecule has 0 fully saturated rings. The van der Waals surface area contributed by atoms with Gasteiger partial charge in [-0.1, -0.05) is 22.9 Å². The first-order valence-corrected chi connectivity index (χ1v) is 6.94. The molecule has 0 spiro atoms. The second-order valence-corrected chi connectivity index (χ2v) is 4.88. The minimum Gasteiger partial charge on any atom is -0.497 e. The average Bonchev–Trinajstić information content (AvgIpc) is 2.46. The van der Waals surface area contributed by atoms with Crippen LogP contribution in [0.4, 0.5) is 5.82 Å². The lowest BCUT2D eigenvalue weighted by Crippen LogP contribution is -2.04. The number of hydrogen-bond acceptors (Lipinski definition) is 4. The molecule has 2 rings (SSSR count). The van der Waals surface area contributed by atoms with Gasteiger partial charge in [-0.3, -0.25) is 4.98 Å². The number of methoxy groups -OCH3 is 1. The second-order valence-electron chi connectivity index (χ2n) is 4.03. The fourth-order valence-electron chi connectivity index (χ4n) is 1.72. The molecule has 4 nitrogen and oxygen atoms in total. The predicted molar refractivity (Wildman–Crippen MR) is 80.5 cm³/mol. The minimum atomic E-state index is 0.790. The third kappa shape index (κ3) is 3.23. The molecule has 0 saturated carbocycles. The zero-order chi connectivity index (χ0) is 13.7. The Hall–Kier alpha value is -1.62. The Morgan fingerprint density at radius 2 is 2.05 bits per heavy atom. The summed E-state index contributed by atoms with van der Waals surface area (Å²) in [5, 5.41) is 3.29. The van der Waals surface area contributed by atoms with E-state index >= 15 is 0 Å². The zero-order valence-corrected chi connectivity index (χ0v) is 12.6. The fraction of sp³-hybridized carbons (Fsp3) is 0.286. The van der Waals surface area contributed by atoms with E-state index in [1.807, 2.05) is 18.2 Å². The number of rotatable bonds is 5. The smallest absolute Gasteiger partial charge is 0.152 e. The van der Waals surface area contributed by atoms with Gasteiger partial charge in [0, 0.05) is 29.0 Å². The van der Waals surface area contributed by atoms with Gasteiger partial charge in [-0.15, -0.1) is 0 Å². The van der Waals surface area contributed by atoms with Crippen LogP contribution in [0.3, 0.4) is 0 Å². The van der Waals surface area contributed by atoms with Crippen LogP contribution in [0.5, 0.6) is 5.75 Å². The Balaban J connectivity index is 2.45. The van der Waals surface area contributed by atoms with E-state index in [0.717, 1.165) is 40.3 Å². The zero-order valence-electron chi connectivity index (χ0n) is 11.0. The monoisotopic (exact) mass is 321 g/mol. The van der Waals surface area contributed by atoms with Crippen LogP contribution in [0.1, 0.15) is 13.3 Å². The molecule has 0 aliphatic carbocycles. The molecular formula is C14H16BrN3O. The van der Waals surface area contributed by atoms with E-state index in [9.17, 15) is 0 Å². The van der Waals surface area contributed by atoms with Gasteiger partial charge in [-0.2, -0.15) is 0 Å². The number of nitrogens with one attached hydrogen (secondary N) is 1. The SMILES string of the molecule is CCCNc1nccnc1-c1cc(OC)ccc1Br. The standard InChI is InChI=1S/C14H16BrN3O/c1-3-6-17-14-13(16-7-8-18-14)11-9-10(19-2)4-5-12(11)15/h4-5,7-9H,3,6H2,1-2H3,(H,17,18). The maximum absolute atomic E-state index is 5.26. The first kappa shape index (κ1) is 13.8. The van der Waals surface area contributed by atoms with E-state index in [1.165, 1.54) is 0 Å².